The van der Waals surface area contributed by atoms with Gasteiger partial charge in [-0.25, -0.2) is 4.99 Å². The molecular weight excluding hydrogens is 491 g/mol. The van der Waals surface area contributed by atoms with E-state index in [0.717, 1.165) is 38.6 Å². The molecule has 1 amide bonds. The molecule has 0 saturated carbocycles. The summed E-state index contributed by atoms with van der Waals surface area (Å²) in [6.45, 7) is 6.15. The van der Waals surface area contributed by atoms with Crippen LogP contribution in [0.15, 0.2) is 35.3 Å². The number of benzene rings is 1. The molecule has 0 aromatic heterocycles. The fourth-order valence-corrected chi connectivity index (χ4v) is 3.31. The number of nitrogens with zero attached hydrogens (tertiary/aromatic N) is 4. The Morgan fingerprint density at radius 1 is 1.03 bits per heavy atom. The molecule has 1 aromatic rings. The van der Waals surface area contributed by atoms with Gasteiger partial charge in [0.1, 0.15) is 6.54 Å². The highest BCUT2D eigenvalue weighted by atomic mass is 127. The zero-order valence-corrected chi connectivity index (χ0v) is 21.1. The molecule has 0 aliphatic carbocycles. The van der Waals surface area contributed by atoms with Crippen LogP contribution in [0.3, 0.4) is 0 Å². The van der Waals surface area contributed by atoms with Crippen LogP contribution in [0.2, 0.25) is 0 Å². The van der Waals surface area contributed by atoms with Gasteiger partial charge in [0, 0.05) is 53.0 Å². The van der Waals surface area contributed by atoms with E-state index in [4.69, 9.17) is 0 Å². The van der Waals surface area contributed by atoms with Crippen molar-refractivity contribution in [2.24, 2.45) is 4.99 Å². The number of nitrogens with one attached hydrogen (secondary N) is 2. The number of likely N-dealkylation sites (tertiary alicyclic amines) is 1. The van der Waals surface area contributed by atoms with E-state index in [1.54, 1.807) is 19.0 Å². The molecule has 0 unspecified atom stereocenters. The molecule has 1 heterocycles. The van der Waals surface area contributed by atoms with Gasteiger partial charge in [-0.15, -0.1) is 24.0 Å². The maximum absolute atomic E-state index is 11.9. The molecule has 0 atom stereocenters. The number of hydrogen-bond acceptors (Lipinski definition) is 4. The third-order valence-electron chi connectivity index (χ3n) is 5.20. The van der Waals surface area contributed by atoms with Crippen LogP contribution in [0.1, 0.15) is 25.7 Å². The van der Waals surface area contributed by atoms with E-state index in [9.17, 15) is 4.79 Å². The maximum Gasteiger partial charge on any atom is 0.243 e. The summed E-state index contributed by atoms with van der Waals surface area (Å²) in [5, 5.41) is 6.78. The molecule has 1 aromatic carbocycles. The summed E-state index contributed by atoms with van der Waals surface area (Å²) in [5.41, 5.74) is 1.22. The van der Waals surface area contributed by atoms with E-state index in [-0.39, 0.29) is 36.4 Å². The van der Waals surface area contributed by atoms with Crippen molar-refractivity contribution in [3.8, 4) is 0 Å². The van der Waals surface area contributed by atoms with Crippen molar-refractivity contribution in [2.75, 3.05) is 71.9 Å². The van der Waals surface area contributed by atoms with Gasteiger partial charge in [0.05, 0.1) is 0 Å². The Balaban J connectivity index is 0.00000450. The van der Waals surface area contributed by atoms with Gasteiger partial charge in [0.2, 0.25) is 5.91 Å². The van der Waals surface area contributed by atoms with Gasteiger partial charge in [-0.3, -0.25) is 4.79 Å². The number of aliphatic imine (C=N–C) groups is 1. The highest BCUT2D eigenvalue weighted by Gasteiger charge is 2.10. The number of carbonyl (C=O) groups is 1. The lowest BCUT2D eigenvalue weighted by atomic mass is 10.1. The number of carbonyl (C=O) groups excluding carboxylic acids is 1. The number of hydrogen-bond donors (Lipinski definition) is 2. The van der Waals surface area contributed by atoms with E-state index in [1.165, 1.54) is 38.0 Å². The van der Waals surface area contributed by atoms with Crippen LogP contribution in [0.25, 0.3) is 0 Å². The Labute approximate surface area is 199 Å². The minimum Gasteiger partial charge on any atom is -0.375 e. The van der Waals surface area contributed by atoms with Crippen LogP contribution in [0.5, 0.6) is 0 Å². The lowest BCUT2D eigenvalue weighted by Crippen LogP contribution is -2.43. The Morgan fingerprint density at radius 2 is 1.70 bits per heavy atom. The highest BCUT2D eigenvalue weighted by Crippen LogP contribution is 2.10. The van der Waals surface area contributed by atoms with Crippen molar-refractivity contribution < 1.29 is 4.79 Å². The molecule has 2 N–H and O–H groups in total. The standard InChI is InChI=1S/C22H38N6O.HI/c1-26(2)21(29)19-25-22(24-14-18-28-16-8-5-9-17-28)23-13-10-15-27(3)20-11-6-4-7-12-20;/h4,6-7,11-12H,5,8-10,13-19H2,1-3H3,(H2,23,24,25);1H. The first-order chi connectivity index (χ1) is 14.1. The third kappa shape index (κ3) is 10.5. The second kappa shape index (κ2) is 15.3. The molecule has 0 bridgehead atoms. The van der Waals surface area contributed by atoms with E-state index in [0.29, 0.717) is 0 Å². The summed E-state index contributed by atoms with van der Waals surface area (Å²) in [7, 11) is 5.62. The SMILES string of the molecule is CN(C)C(=O)CN=C(NCCCN(C)c1ccccc1)NCCN1CCCCC1.I. The molecule has 170 valence electrons. The topological polar surface area (TPSA) is 63.2 Å². The fourth-order valence-electron chi connectivity index (χ4n) is 3.31. The summed E-state index contributed by atoms with van der Waals surface area (Å²) in [5.74, 6) is 0.727. The molecule has 1 aliphatic heterocycles. The molecule has 8 heteroatoms. The van der Waals surface area contributed by atoms with Crippen LogP contribution in [-0.4, -0.2) is 88.6 Å². The molecule has 1 aliphatic rings. The van der Waals surface area contributed by atoms with Crippen LogP contribution in [0.4, 0.5) is 5.69 Å². The zero-order valence-electron chi connectivity index (χ0n) is 18.8. The predicted octanol–water partition coefficient (Wildman–Crippen LogP) is 2.24. The van der Waals surface area contributed by atoms with Crippen LogP contribution < -0.4 is 15.5 Å². The van der Waals surface area contributed by atoms with Gasteiger partial charge in [0.15, 0.2) is 5.96 Å². The van der Waals surface area contributed by atoms with E-state index >= 15 is 0 Å². The number of para-hydroxylation sites is 1. The first-order valence-corrected chi connectivity index (χ1v) is 10.8. The highest BCUT2D eigenvalue weighted by molar-refractivity contribution is 14.0. The summed E-state index contributed by atoms with van der Waals surface area (Å²) in [6, 6.07) is 10.4. The number of amides is 1. The molecular formula is C22H39IN6O. The van der Waals surface area contributed by atoms with Crippen LogP contribution >= 0.6 is 24.0 Å². The molecule has 1 fully saturated rings. The van der Waals surface area contributed by atoms with Crippen molar-refractivity contribution >= 4 is 41.5 Å². The van der Waals surface area contributed by atoms with E-state index in [1.807, 2.05) is 6.07 Å². The number of rotatable bonds is 10. The normalized spacial score (nSPS) is 14.6. The minimum atomic E-state index is 0. The molecule has 7 nitrogen and oxygen atoms in total. The van der Waals surface area contributed by atoms with Gasteiger partial charge in [-0.05, 0) is 44.5 Å². The maximum atomic E-state index is 11.9. The molecule has 1 saturated heterocycles. The lowest BCUT2D eigenvalue weighted by Gasteiger charge is -2.26. The van der Waals surface area contributed by atoms with Crippen molar-refractivity contribution in [3.63, 3.8) is 0 Å². The Morgan fingerprint density at radius 3 is 2.37 bits per heavy atom. The van der Waals surface area contributed by atoms with Crippen molar-refractivity contribution in [1.29, 1.82) is 0 Å². The average molecular weight is 530 g/mol. The largest absolute Gasteiger partial charge is 0.375 e. The molecule has 0 radical (unpaired) electrons. The first-order valence-electron chi connectivity index (χ1n) is 10.8. The van der Waals surface area contributed by atoms with Crippen molar-refractivity contribution in [3.05, 3.63) is 30.3 Å². The number of anilines is 1. The lowest BCUT2D eigenvalue weighted by molar-refractivity contribution is -0.127. The van der Waals surface area contributed by atoms with Crippen molar-refractivity contribution in [2.45, 2.75) is 25.7 Å². The summed E-state index contributed by atoms with van der Waals surface area (Å²) in [4.78, 5) is 22.7. The summed E-state index contributed by atoms with van der Waals surface area (Å²) >= 11 is 0. The van der Waals surface area contributed by atoms with E-state index < -0.39 is 0 Å². The average Bonchev–Trinajstić information content (AvgIpc) is 2.75. The molecule has 0 spiro atoms. The van der Waals surface area contributed by atoms with Gasteiger partial charge in [-0.2, -0.15) is 0 Å². The second-order valence-electron chi connectivity index (χ2n) is 7.82. The third-order valence-corrected chi connectivity index (χ3v) is 5.20. The van der Waals surface area contributed by atoms with E-state index in [2.05, 4.69) is 56.7 Å². The number of likely N-dealkylation sites (N-methyl/N-ethyl adjacent to an activating group) is 1. The summed E-state index contributed by atoms with van der Waals surface area (Å²) in [6.07, 6.45) is 4.93. The molecule has 30 heavy (non-hydrogen) atoms. The quantitative estimate of drug-likeness (QED) is 0.210. The second-order valence-corrected chi connectivity index (χ2v) is 7.82. The Kier molecular flexibility index (Phi) is 13.5. The monoisotopic (exact) mass is 530 g/mol. The number of guanidine groups is 1. The first kappa shape index (κ1) is 26.5. The number of piperidine rings is 1. The Hall–Kier alpha value is -1.55. The van der Waals surface area contributed by atoms with Crippen LogP contribution in [-0.2, 0) is 4.79 Å². The van der Waals surface area contributed by atoms with Crippen molar-refractivity contribution in [1.82, 2.24) is 20.4 Å². The minimum absolute atomic E-state index is 0. The smallest absolute Gasteiger partial charge is 0.243 e. The fraction of sp³-hybridized carbons (Fsp3) is 0.636. The van der Waals surface area contributed by atoms with Gasteiger partial charge < -0.3 is 25.3 Å². The van der Waals surface area contributed by atoms with Crippen LogP contribution in [0, 0.1) is 0 Å². The van der Waals surface area contributed by atoms with Gasteiger partial charge in [0.25, 0.3) is 0 Å². The summed E-state index contributed by atoms with van der Waals surface area (Å²) < 4.78 is 0. The van der Waals surface area contributed by atoms with Gasteiger partial charge >= 0.3 is 0 Å². The predicted molar refractivity (Wildman–Crippen MR) is 137 cm³/mol. The number of halogens is 1. The zero-order chi connectivity index (χ0) is 20.9. The van der Waals surface area contributed by atoms with Gasteiger partial charge in [-0.1, -0.05) is 24.6 Å². The Bertz CT molecular complexity index is 619. The molecule has 2 rings (SSSR count).